The lowest BCUT2D eigenvalue weighted by molar-refractivity contribution is -0.156. The van der Waals surface area contributed by atoms with E-state index in [1.165, 1.54) is 11.4 Å². The molecule has 1 atom stereocenters. The highest BCUT2D eigenvalue weighted by Gasteiger charge is 2.20. The van der Waals surface area contributed by atoms with Gasteiger partial charge in [-0.3, -0.25) is 0 Å². The van der Waals surface area contributed by atoms with E-state index in [1.54, 1.807) is 6.92 Å². The van der Waals surface area contributed by atoms with E-state index in [-0.39, 0.29) is 5.97 Å². The van der Waals surface area contributed by atoms with Crippen molar-refractivity contribution in [2.45, 2.75) is 59.6 Å². The van der Waals surface area contributed by atoms with E-state index in [2.05, 4.69) is 37.5 Å². The molecule has 0 saturated carbocycles. The molecular weight excluding hydrogens is 354 g/mol. The summed E-state index contributed by atoms with van der Waals surface area (Å²) < 4.78 is 18.8. The van der Waals surface area contributed by atoms with Crippen LogP contribution in [0.15, 0.2) is 36.4 Å². The number of nitrogens with zero attached hydrogens (tertiary/aromatic N) is 1. The molecule has 0 fully saturated rings. The normalized spacial score (nSPS) is 12.2. The molecule has 1 heterocycles. The number of rotatable bonds is 11. The maximum atomic E-state index is 12.0. The number of aromatic nitrogens is 1. The van der Waals surface area contributed by atoms with Gasteiger partial charge in [-0.1, -0.05) is 26.0 Å². The van der Waals surface area contributed by atoms with Crippen LogP contribution >= 0.6 is 0 Å². The Morgan fingerprint density at radius 1 is 1.04 bits per heavy atom. The van der Waals surface area contributed by atoms with Crippen molar-refractivity contribution < 1.29 is 19.0 Å². The highest BCUT2D eigenvalue weighted by Crippen LogP contribution is 2.19. The monoisotopic (exact) mass is 387 g/mol. The average Bonchev–Trinajstić information content (AvgIpc) is 3.04. The lowest BCUT2D eigenvalue weighted by atomic mass is 10.1. The highest BCUT2D eigenvalue weighted by molar-refractivity contribution is 5.75. The summed E-state index contributed by atoms with van der Waals surface area (Å²) in [6.07, 6.45) is -0.0735. The lowest BCUT2D eigenvalue weighted by Crippen LogP contribution is -2.28. The van der Waals surface area contributed by atoms with E-state index in [0.717, 1.165) is 17.9 Å². The summed E-state index contributed by atoms with van der Waals surface area (Å²) >= 11 is 0. The molecule has 1 aromatic heterocycles. The molecule has 0 N–H and O–H groups in total. The van der Waals surface area contributed by atoms with Crippen molar-refractivity contribution in [2.24, 2.45) is 0 Å². The van der Waals surface area contributed by atoms with Gasteiger partial charge in [0.2, 0.25) is 0 Å². The second-order valence-corrected chi connectivity index (χ2v) is 7.10. The third-order valence-electron chi connectivity index (χ3n) is 4.67. The van der Waals surface area contributed by atoms with Gasteiger partial charge in [0, 0.05) is 24.4 Å². The topological polar surface area (TPSA) is 49.7 Å². The van der Waals surface area contributed by atoms with Gasteiger partial charge in [0.05, 0.1) is 13.2 Å². The SMILES string of the molecule is CCOC(=O)[C@@H](Cc1ccc(OCCn2c(C)ccc2C(C)C)cc1)OCC. The predicted molar refractivity (Wildman–Crippen MR) is 111 cm³/mol. The van der Waals surface area contributed by atoms with E-state index in [4.69, 9.17) is 14.2 Å². The van der Waals surface area contributed by atoms with Crippen molar-refractivity contribution in [3.8, 4) is 5.75 Å². The van der Waals surface area contributed by atoms with Gasteiger partial charge in [-0.05, 0) is 56.5 Å². The van der Waals surface area contributed by atoms with Gasteiger partial charge in [-0.2, -0.15) is 0 Å². The fraction of sp³-hybridized carbons (Fsp3) is 0.522. The third-order valence-corrected chi connectivity index (χ3v) is 4.67. The zero-order valence-corrected chi connectivity index (χ0v) is 17.7. The van der Waals surface area contributed by atoms with Gasteiger partial charge in [-0.15, -0.1) is 0 Å². The quantitative estimate of drug-likeness (QED) is 0.532. The Hall–Kier alpha value is -2.27. The molecule has 28 heavy (non-hydrogen) atoms. The molecular formula is C23H33NO4. The number of benzene rings is 1. The van der Waals surface area contributed by atoms with Crippen LogP contribution in [0.4, 0.5) is 0 Å². The first kappa shape index (κ1) is 22.0. The molecule has 0 amide bonds. The number of hydrogen-bond acceptors (Lipinski definition) is 4. The molecule has 0 spiro atoms. The third kappa shape index (κ3) is 6.13. The van der Waals surface area contributed by atoms with E-state index in [1.807, 2.05) is 31.2 Å². The minimum Gasteiger partial charge on any atom is -0.492 e. The van der Waals surface area contributed by atoms with Gasteiger partial charge >= 0.3 is 5.97 Å². The summed E-state index contributed by atoms with van der Waals surface area (Å²) in [5.41, 5.74) is 3.60. The van der Waals surface area contributed by atoms with Gasteiger partial charge < -0.3 is 18.8 Å². The van der Waals surface area contributed by atoms with Crippen LogP contribution in [0.25, 0.3) is 0 Å². The van der Waals surface area contributed by atoms with Crippen LogP contribution in [-0.4, -0.2) is 36.5 Å². The fourth-order valence-corrected chi connectivity index (χ4v) is 3.24. The number of carbonyl (C=O) groups is 1. The Morgan fingerprint density at radius 3 is 2.36 bits per heavy atom. The molecule has 2 rings (SSSR count). The van der Waals surface area contributed by atoms with Crippen LogP contribution in [0.1, 0.15) is 50.6 Å². The molecule has 0 unspecified atom stereocenters. The summed E-state index contributed by atoms with van der Waals surface area (Å²) in [5.74, 6) is 1.00. The van der Waals surface area contributed by atoms with Crippen molar-refractivity contribution >= 4 is 5.97 Å². The minimum absolute atomic E-state index is 0.312. The van der Waals surface area contributed by atoms with Crippen molar-refractivity contribution in [2.75, 3.05) is 19.8 Å². The molecule has 1 aromatic carbocycles. The number of ether oxygens (including phenoxy) is 3. The van der Waals surface area contributed by atoms with Gasteiger partial charge in [0.1, 0.15) is 12.4 Å². The van der Waals surface area contributed by atoms with Crippen LogP contribution in [0.3, 0.4) is 0 Å². The largest absolute Gasteiger partial charge is 0.492 e. The molecule has 0 radical (unpaired) electrons. The first-order valence-electron chi connectivity index (χ1n) is 10.1. The molecule has 0 saturated heterocycles. The predicted octanol–water partition coefficient (Wildman–Crippen LogP) is 4.51. The summed E-state index contributed by atoms with van der Waals surface area (Å²) in [6.45, 7) is 12.5. The Bertz CT molecular complexity index is 734. The maximum Gasteiger partial charge on any atom is 0.335 e. The summed E-state index contributed by atoms with van der Waals surface area (Å²) in [6, 6.07) is 12.2. The lowest BCUT2D eigenvalue weighted by Gasteiger charge is -2.16. The second-order valence-electron chi connectivity index (χ2n) is 7.10. The summed E-state index contributed by atoms with van der Waals surface area (Å²) in [4.78, 5) is 12.0. The van der Waals surface area contributed by atoms with E-state index >= 15 is 0 Å². The molecule has 5 heteroatoms. The molecule has 0 bridgehead atoms. The van der Waals surface area contributed by atoms with Crippen molar-refractivity contribution in [3.05, 3.63) is 53.3 Å². The summed E-state index contributed by atoms with van der Waals surface area (Å²) in [5, 5.41) is 0. The molecule has 0 aliphatic heterocycles. The van der Waals surface area contributed by atoms with E-state index in [9.17, 15) is 4.79 Å². The zero-order chi connectivity index (χ0) is 20.5. The van der Waals surface area contributed by atoms with E-state index < -0.39 is 6.10 Å². The number of esters is 1. The van der Waals surface area contributed by atoms with Crippen LogP contribution in [0.2, 0.25) is 0 Å². The van der Waals surface area contributed by atoms with Crippen LogP contribution < -0.4 is 4.74 Å². The summed E-state index contributed by atoms with van der Waals surface area (Å²) in [7, 11) is 0. The Kier molecular flexibility index (Phi) is 8.58. The van der Waals surface area contributed by atoms with Gasteiger partial charge in [0.25, 0.3) is 0 Å². The molecule has 154 valence electrons. The molecule has 2 aromatic rings. The highest BCUT2D eigenvalue weighted by atomic mass is 16.6. The number of hydrogen-bond donors (Lipinski definition) is 0. The smallest absolute Gasteiger partial charge is 0.335 e. The molecule has 0 aliphatic rings. The Labute approximate surface area is 168 Å². The Morgan fingerprint density at radius 2 is 1.75 bits per heavy atom. The van der Waals surface area contributed by atoms with E-state index in [0.29, 0.717) is 32.2 Å². The second kappa shape index (κ2) is 10.9. The fourth-order valence-electron chi connectivity index (χ4n) is 3.24. The zero-order valence-electron chi connectivity index (χ0n) is 17.7. The van der Waals surface area contributed by atoms with Crippen LogP contribution in [0, 0.1) is 6.92 Å². The van der Waals surface area contributed by atoms with Crippen molar-refractivity contribution in [1.29, 1.82) is 0 Å². The maximum absolute atomic E-state index is 12.0. The average molecular weight is 388 g/mol. The Balaban J connectivity index is 1.90. The van der Waals surface area contributed by atoms with Crippen LogP contribution in [0.5, 0.6) is 5.75 Å². The first-order valence-corrected chi connectivity index (χ1v) is 10.1. The number of aryl methyl sites for hydroxylation is 1. The number of carbonyl (C=O) groups excluding carboxylic acids is 1. The van der Waals surface area contributed by atoms with Gasteiger partial charge in [-0.25, -0.2) is 4.79 Å². The first-order chi connectivity index (χ1) is 13.5. The minimum atomic E-state index is -0.567. The van der Waals surface area contributed by atoms with Crippen molar-refractivity contribution in [1.82, 2.24) is 4.57 Å². The van der Waals surface area contributed by atoms with Crippen molar-refractivity contribution in [3.63, 3.8) is 0 Å². The molecule has 0 aliphatic carbocycles. The van der Waals surface area contributed by atoms with Gasteiger partial charge in [0.15, 0.2) is 6.10 Å². The molecule has 5 nitrogen and oxygen atoms in total. The standard InChI is InChI=1S/C23H33NO4/c1-6-26-22(23(25)27-7-2)16-19-9-11-20(12-10-19)28-15-14-24-18(5)8-13-21(24)17(3)4/h8-13,17,22H,6-7,14-16H2,1-5H3/t22-/m1/s1. The van der Waals surface area contributed by atoms with Crippen LogP contribution in [-0.2, 0) is 27.2 Å².